The number of aromatic nitrogens is 3. The van der Waals surface area contributed by atoms with Crippen LogP contribution in [0.25, 0.3) is 65.9 Å². The Bertz CT molecular complexity index is 2730. The number of fused-ring (bicyclic) bond motifs is 12. The molecule has 0 amide bonds. The Balaban J connectivity index is 1.33. The highest BCUT2D eigenvalue weighted by atomic mass is 16.3. The van der Waals surface area contributed by atoms with Gasteiger partial charge in [0.05, 0.1) is 33.8 Å². The molecule has 0 unspecified atom stereocenters. The summed E-state index contributed by atoms with van der Waals surface area (Å²) in [6.07, 6.45) is 1.80. The van der Waals surface area contributed by atoms with Gasteiger partial charge in [-0.25, -0.2) is 9.97 Å². The molecule has 222 valence electrons. The van der Waals surface area contributed by atoms with Crippen LogP contribution < -0.4 is 4.90 Å². The van der Waals surface area contributed by atoms with E-state index in [1.54, 1.807) is 6.20 Å². The number of rotatable bonds is 2. The number of furan rings is 1. The van der Waals surface area contributed by atoms with E-state index in [1.165, 1.54) is 21.9 Å². The van der Waals surface area contributed by atoms with Gasteiger partial charge in [-0.05, 0) is 64.4 Å². The Hall–Kier alpha value is -6.07. The number of anilines is 3. The molecule has 1 aliphatic heterocycles. The maximum Gasteiger partial charge on any atom is 0.160 e. The quantitative estimate of drug-likeness (QED) is 0.184. The van der Waals surface area contributed by atoms with Crippen LogP contribution in [0.3, 0.4) is 0 Å². The van der Waals surface area contributed by atoms with Crippen LogP contribution in [0.15, 0.2) is 138 Å². The fourth-order valence-corrected chi connectivity index (χ4v) is 7.71. The summed E-state index contributed by atoms with van der Waals surface area (Å²) >= 11 is 0. The van der Waals surface area contributed by atoms with Crippen molar-refractivity contribution in [3.8, 4) is 11.4 Å². The number of pyridine rings is 3. The van der Waals surface area contributed by atoms with Crippen LogP contribution in [0.1, 0.15) is 25.0 Å². The van der Waals surface area contributed by atoms with E-state index in [9.17, 15) is 0 Å². The lowest BCUT2D eigenvalue weighted by molar-refractivity contribution is 0.628. The van der Waals surface area contributed by atoms with Crippen molar-refractivity contribution in [3.63, 3.8) is 0 Å². The van der Waals surface area contributed by atoms with Crippen molar-refractivity contribution in [2.75, 3.05) is 4.90 Å². The van der Waals surface area contributed by atoms with E-state index >= 15 is 0 Å². The molecule has 0 N–H and O–H groups in total. The molecule has 0 saturated heterocycles. The largest absolute Gasteiger partial charge is 0.454 e. The molecule has 4 aromatic heterocycles. The first kappa shape index (κ1) is 26.2. The van der Waals surface area contributed by atoms with Gasteiger partial charge in [0.2, 0.25) is 0 Å². The van der Waals surface area contributed by atoms with Crippen molar-refractivity contribution in [2.45, 2.75) is 19.3 Å². The highest BCUT2D eigenvalue weighted by Gasteiger charge is 2.41. The first-order valence-electron chi connectivity index (χ1n) is 16.0. The zero-order valence-electron chi connectivity index (χ0n) is 25.9. The second kappa shape index (κ2) is 9.47. The Morgan fingerprint density at radius 3 is 2.11 bits per heavy atom. The van der Waals surface area contributed by atoms with Crippen LogP contribution in [0, 0.1) is 0 Å². The van der Waals surface area contributed by atoms with E-state index in [1.807, 2.05) is 30.3 Å². The summed E-state index contributed by atoms with van der Waals surface area (Å²) in [6, 6.07) is 44.4. The van der Waals surface area contributed by atoms with Gasteiger partial charge in [0.1, 0.15) is 11.4 Å². The van der Waals surface area contributed by atoms with Gasteiger partial charge in [0.25, 0.3) is 0 Å². The molecule has 5 heteroatoms. The predicted octanol–water partition coefficient (Wildman–Crippen LogP) is 11.0. The van der Waals surface area contributed by atoms with Gasteiger partial charge in [0, 0.05) is 33.2 Å². The van der Waals surface area contributed by atoms with Gasteiger partial charge in [-0.2, -0.15) is 0 Å². The number of hydrogen-bond acceptors (Lipinski definition) is 5. The third kappa shape index (κ3) is 3.62. The zero-order chi connectivity index (χ0) is 31.3. The van der Waals surface area contributed by atoms with Gasteiger partial charge < -0.3 is 4.42 Å². The van der Waals surface area contributed by atoms with Crippen molar-refractivity contribution in [2.24, 2.45) is 0 Å². The molecule has 5 aromatic carbocycles. The lowest BCUT2D eigenvalue weighted by atomic mass is 9.71. The van der Waals surface area contributed by atoms with Crippen LogP contribution >= 0.6 is 0 Å². The summed E-state index contributed by atoms with van der Waals surface area (Å²) in [7, 11) is 0. The molecule has 0 saturated carbocycles. The third-order valence-electron chi connectivity index (χ3n) is 9.84. The van der Waals surface area contributed by atoms with Crippen LogP contribution in [0.5, 0.6) is 0 Å². The molecule has 0 radical (unpaired) electrons. The summed E-state index contributed by atoms with van der Waals surface area (Å²) in [5, 5.41) is 6.73. The minimum absolute atomic E-state index is 0.308. The molecule has 0 bridgehead atoms. The second-order valence-electron chi connectivity index (χ2n) is 12.8. The van der Waals surface area contributed by atoms with Crippen molar-refractivity contribution in [1.29, 1.82) is 0 Å². The SMILES string of the molecule is CC1(C)c2ccccc2N(c2ccc3ccc4ccc(-c5ccccn5)nc4c3n2)c2c1c1ccccc1c1c2oc2ccccc21. The number of hydrogen-bond donors (Lipinski definition) is 0. The number of benzene rings is 5. The second-order valence-corrected chi connectivity index (χ2v) is 12.8. The van der Waals surface area contributed by atoms with Crippen molar-refractivity contribution >= 4 is 71.7 Å². The Labute approximate surface area is 270 Å². The monoisotopic (exact) mass is 604 g/mol. The fraction of sp³-hybridized carbons (Fsp3) is 0.0714. The smallest absolute Gasteiger partial charge is 0.160 e. The number of para-hydroxylation sites is 2. The summed E-state index contributed by atoms with van der Waals surface area (Å²) in [5.74, 6) is 0.816. The van der Waals surface area contributed by atoms with Crippen LogP contribution in [0.4, 0.5) is 17.2 Å². The van der Waals surface area contributed by atoms with Gasteiger partial charge in [-0.15, -0.1) is 0 Å². The molecule has 5 nitrogen and oxygen atoms in total. The molecular weight excluding hydrogens is 576 g/mol. The molecular formula is C42H28N4O. The Morgan fingerprint density at radius 2 is 1.28 bits per heavy atom. The minimum Gasteiger partial charge on any atom is -0.454 e. The first-order chi connectivity index (χ1) is 23.1. The highest BCUT2D eigenvalue weighted by molar-refractivity contribution is 6.25. The van der Waals surface area contributed by atoms with Crippen molar-refractivity contribution < 1.29 is 4.42 Å². The first-order valence-corrected chi connectivity index (χ1v) is 16.0. The van der Waals surface area contributed by atoms with Crippen LogP contribution in [0.2, 0.25) is 0 Å². The molecule has 47 heavy (non-hydrogen) atoms. The van der Waals surface area contributed by atoms with E-state index in [4.69, 9.17) is 14.4 Å². The third-order valence-corrected chi connectivity index (χ3v) is 9.84. The van der Waals surface area contributed by atoms with Crippen LogP contribution in [-0.4, -0.2) is 15.0 Å². The maximum absolute atomic E-state index is 6.85. The van der Waals surface area contributed by atoms with E-state index in [0.717, 1.165) is 72.3 Å². The van der Waals surface area contributed by atoms with Gasteiger partial charge in [-0.3, -0.25) is 9.88 Å². The van der Waals surface area contributed by atoms with Crippen molar-refractivity contribution in [1.82, 2.24) is 15.0 Å². The van der Waals surface area contributed by atoms with Crippen molar-refractivity contribution in [3.05, 3.63) is 145 Å². The maximum atomic E-state index is 6.85. The molecule has 0 aliphatic carbocycles. The van der Waals surface area contributed by atoms with E-state index in [0.29, 0.717) is 0 Å². The molecule has 0 atom stereocenters. The molecule has 10 rings (SSSR count). The van der Waals surface area contributed by atoms with Gasteiger partial charge in [-0.1, -0.05) is 98.8 Å². The summed E-state index contributed by atoms with van der Waals surface area (Å²) in [6.45, 7) is 4.65. The number of nitrogens with zero attached hydrogens (tertiary/aromatic N) is 4. The topological polar surface area (TPSA) is 55.1 Å². The highest BCUT2D eigenvalue weighted by Crippen LogP contribution is 2.57. The molecule has 5 heterocycles. The lowest BCUT2D eigenvalue weighted by Gasteiger charge is -2.42. The van der Waals surface area contributed by atoms with Crippen LogP contribution in [-0.2, 0) is 5.41 Å². The predicted molar refractivity (Wildman–Crippen MR) is 192 cm³/mol. The molecule has 0 spiro atoms. The molecule has 1 aliphatic rings. The standard InChI is InChI=1S/C42H28N4O/c1-42(2)30-14-6-7-16-33(30)46(40-37(42)28-12-4-3-11-27(28)36-29-13-5-8-17-34(29)47-41(36)40)35-23-21-26-19-18-25-20-22-32(31-15-9-10-24-43-31)44-38(25)39(26)45-35/h3-24H,1-2H3. The zero-order valence-corrected chi connectivity index (χ0v) is 25.9. The lowest BCUT2D eigenvalue weighted by Crippen LogP contribution is -2.31. The van der Waals surface area contributed by atoms with E-state index in [2.05, 4.69) is 121 Å². The van der Waals surface area contributed by atoms with Gasteiger partial charge in [0.15, 0.2) is 5.58 Å². The molecule has 9 aromatic rings. The van der Waals surface area contributed by atoms with Gasteiger partial charge >= 0.3 is 0 Å². The average Bonchev–Trinajstić information content (AvgIpc) is 3.52. The summed E-state index contributed by atoms with van der Waals surface area (Å²) in [5.41, 5.74) is 9.40. The summed E-state index contributed by atoms with van der Waals surface area (Å²) < 4.78 is 6.85. The Kier molecular flexibility index (Phi) is 5.28. The fourth-order valence-electron chi connectivity index (χ4n) is 7.71. The summed E-state index contributed by atoms with van der Waals surface area (Å²) in [4.78, 5) is 17.5. The molecule has 0 fully saturated rings. The normalized spacial score (nSPS) is 13.9. The minimum atomic E-state index is -0.308. The Morgan fingerprint density at radius 1 is 0.596 bits per heavy atom. The van der Waals surface area contributed by atoms with E-state index in [-0.39, 0.29) is 5.41 Å². The average molecular weight is 605 g/mol. The van der Waals surface area contributed by atoms with E-state index < -0.39 is 0 Å².